The molecule has 9 aromatic rings. The van der Waals surface area contributed by atoms with Gasteiger partial charge in [-0.2, -0.15) is 0 Å². The van der Waals surface area contributed by atoms with Crippen LogP contribution < -0.4 is 0 Å². The van der Waals surface area contributed by atoms with E-state index in [-0.39, 0.29) is 31.2 Å². The summed E-state index contributed by atoms with van der Waals surface area (Å²) in [5.41, 5.74) is 7.01. The largest absolute Gasteiger partial charge is 0.501 e. The van der Waals surface area contributed by atoms with Crippen molar-refractivity contribution in [1.82, 2.24) is 9.97 Å². The molecule has 0 saturated carbocycles. The van der Waals surface area contributed by atoms with Gasteiger partial charge in [0, 0.05) is 51.5 Å². The van der Waals surface area contributed by atoms with Crippen molar-refractivity contribution in [2.75, 3.05) is 0 Å². The Morgan fingerprint density at radius 2 is 1.42 bits per heavy atom. The van der Waals surface area contributed by atoms with Crippen molar-refractivity contribution in [1.29, 1.82) is 0 Å². The predicted octanol–water partition coefficient (Wildman–Crippen LogP) is 12.6. The molecule has 0 saturated heterocycles. The van der Waals surface area contributed by atoms with Crippen LogP contribution in [0.3, 0.4) is 0 Å². The number of hydrogen-bond acceptors (Lipinski definition) is 4. The monoisotopic (exact) mass is 861 g/mol. The zero-order valence-electron chi connectivity index (χ0n) is 34.8. The minimum atomic E-state index is -2.52. The SMILES string of the molecule is [2H]C([2H])([2H])c1cnc(-c2[c-]cc(C([2H])(C)c3ccccc3)c3c2oc2ccccc23)cc1C([2H])([2H])C(C)C.[Ir].[c-]1ccc2c(oc3ccccc32)c1-c1ccccn1. The summed E-state index contributed by atoms with van der Waals surface area (Å²) in [5.74, 6) is -1.58. The normalized spacial score (nSPS) is 14.7. The number of aromatic nitrogens is 2. The minimum Gasteiger partial charge on any atom is -0.501 e. The number of benzene rings is 5. The van der Waals surface area contributed by atoms with Crippen LogP contribution in [0.15, 0.2) is 143 Å². The van der Waals surface area contributed by atoms with Crippen molar-refractivity contribution < 1.29 is 37.2 Å². The molecule has 52 heavy (non-hydrogen) atoms. The summed E-state index contributed by atoms with van der Waals surface area (Å²) in [6, 6.07) is 44.8. The molecule has 0 spiro atoms. The summed E-state index contributed by atoms with van der Waals surface area (Å²) in [4.78, 5) is 8.83. The van der Waals surface area contributed by atoms with Crippen molar-refractivity contribution in [2.45, 2.75) is 39.9 Å². The van der Waals surface area contributed by atoms with Crippen molar-refractivity contribution in [3.8, 4) is 22.5 Å². The molecule has 0 N–H and O–H groups in total. The summed E-state index contributed by atoms with van der Waals surface area (Å²) < 4.78 is 62.9. The maximum absolute atomic E-state index is 9.35. The van der Waals surface area contributed by atoms with E-state index in [1.807, 2.05) is 110 Å². The molecule has 0 aliphatic heterocycles. The van der Waals surface area contributed by atoms with Crippen LogP contribution in [0.1, 0.15) is 57.1 Å². The Hall–Kier alpha value is -5.35. The van der Waals surface area contributed by atoms with Gasteiger partial charge in [-0.3, -0.25) is 0 Å². The van der Waals surface area contributed by atoms with Crippen LogP contribution in [0.2, 0.25) is 0 Å². The first-order valence-corrected chi connectivity index (χ1v) is 16.9. The third-order valence-corrected chi connectivity index (χ3v) is 8.93. The Bertz CT molecular complexity index is 2890. The van der Waals surface area contributed by atoms with Crippen molar-refractivity contribution >= 4 is 43.9 Å². The summed E-state index contributed by atoms with van der Waals surface area (Å²) in [6.07, 6.45) is 1.12. The number of rotatable bonds is 6. The maximum atomic E-state index is 9.35. The molecule has 0 bridgehead atoms. The van der Waals surface area contributed by atoms with Crippen LogP contribution in [0, 0.1) is 24.9 Å². The molecular formula is C47H38IrN2O2-2. The molecule has 1 unspecified atom stereocenters. The molecule has 5 aromatic carbocycles. The Labute approximate surface area is 326 Å². The Morgan fingerprint density at radius 1 is 0.731 bits per heavy atom. The third-order valence-electron chi connectivity index (χ3n) is 8.93. The molecule has 1 atom stereocenters. The zero-order valence-corrected chi connectivity index (χ0v) is 31.2. The standard InChI is InChI=1S/C30H28NO.C17H10NO.Ir/c1-19(2)16-23-17-27(31-18-20(23)3)25-15-14-24(21(4)22-10-6-5-7-11-22)29-26-12-8-9-13-28(26)32-30(25)29;1-2-10-16-12(6-1)13-7-5-8-14(17(13)19-16)15-9-3-4-11-18-15;/h5-14,17-19,21H,16H2,1-4H3;1-7,9-11H;/q2*-1;/i3D3,16D2,21D;;. The van der Waals surface area contributed by atoms with Crippen molar-refractivity contribution in [3.63, 3.8) is 0 Å². The molecule has 0 fully saturated rings. The molecule has 4 aromatic heterocycles. The summed E-state index contributed by atoms with van der Waals surface area (Å²) in [6.45, 7) is 2.76. The summed E-state index contributed by atoms with van der Waals surface area (Å²) >= 11 is 0. The number of pyridine rings is 2. The van der Waals surface area contributed by atoms with E-state index in [2.05, 4.69) is 28.2 Å². The van der Waals surface area contributed by atoms with Gasteiger partial charge in [0.15, 0.2) is 0 Å². The van der Waals surface area contributed by atoms with Crippen LogP contribution in [0.4, 0.5) is 0 Å². The second-order valence-electron chi connectivity index (χ2n) is 12.7. The second-order valence-corrected chi connectivity index (χ2v) is 12.7. The van der Waals surface area contributed by atoms with E-state index in [0.717, 1.165) is 49.5 Å². The third kappa shape index (κ3) is 6.70. The molecule has 0 aliphatic rings. The molecule has 4 heterocycles. The van der Waals surface area contributed by atoms with Gasteiger partial charge < -0.3 is 18.8 Å². The average Bonchev–Trinajstić information content (AvgIpc) is 3.80. The van der Waals surface area contributed by atoms with E-state index in [9.17, 15) is 1.37 Å². The Kier molecular flexibility index (Phi) is 8.20. The number of furan rings is 2. The number of nitrogens with zero attached hydrogens (tertiary/aromatic N) is 2. The van der Waals surface area contributed by atoms with Crippen molar-refractivity contribution in [3.05, 3.63) is 168 Å². The second kappa shape index (κ2) is 15.1. The first-order chi connectivity index (χ1) is 27.3. The van der Waals surface area contributed by atoms with E-state index in [1.54, 1.807) is 26.1 Å². The maximum Gasteiger partial charge on any atom is 0.120 e. The fraction of sp³-hybridized carbons (Fsp3) is 0.149. The smallest absolute Gasteiger partial charge is 0.120 e. The molecular weight excluding hydrogens is 817 g/mol. The van der Waals surface area contributed by atoms with Gasteiger partial charge in [-0.1, -0.05) is 133 Å². The average molecular weight is 861 g/mol. The quantitative estimate of drug-likeness (QED) is 0.156. The van der Waals surface area contributed by atoms with Crippen LogP contribution >= 0.6 is 0 Å². The van der Waals surface area contributed by atoms with Gasteiger partial charge in [-0.05, 0) is 65.8 Å². The van der Waals surface area contributed by atoms with E-state index in [0.29, 0.717) is 28.0 Å². The first-order valence-electron chi connectivity index (χ1n) is 19.9. The van der Waals surface area contributed by atoms with Gasteiger partial charge in [0.1, 0.15) is 11.2 Å². The topological polar surface area (TPSA) is 52.1 Å². The van der Waals surface area contributed by atoms with Gasteiger partial charge >= 0.3 is 0 Å². The van der Waals surface area contributed by atoms with Gasteiger partial charge in [0.25, 0.3) is 0 Å². The van der Waals surface area contributed by atoms with E-state index >= 15 is 0 Å². The van der Waals surface area contributed by atoms with Crippen molar-refractivity contribution in [2.24, 2.45) is 5.92 Å². The Balaban J connectivity index is 0.000000213. The van der Waals surface area contributed by atoms with Gasteiger partial charge in [0.05, 0.1) is 11.2 Å². The van der Waals surface area contributed by atoms with Gasteiger partial charge in [0.2, 0.25) is 0 Å². The van der Waals surface area contributed by atoms with Crippen LogP contribution in [-0.2, 0) is 26.5 Å². The zero-order chi connectivity index (χ0) is 40.1. The number of hydrogen-bond donors (Lipinski definition) is 0. The number of fused-ring (bicyclic) bond motifs is 6. The number of aryl methyl sites for hydroxylation is 1. The van der Waals surface area contributed by atoms with Crippen LogP contribution in [0.25, 0.3) is 66.4 Å². The van der Waals surface area contributed by atoms with Crippen LogP contribution in [-0.4, -0.2) is 9.97 Å². The van der Waals surface area contributed by atoms with E-state index in [1.165, 1.54) is 12.3 Å². The first kappa shape index (κ1) is 28.3. The van der Waals surface area contributed by atoms with Gasteiger partial charge in [-0.25, -0.2) is 0 Å². The summed E-state index contributed by atoms with van der Waals surface area (Å²) in [7, 11) is 0. The fourth-order valence-corrected chi connectivity index (χ4v) is 6.51. The molecule has 0 aliphatic carbocycles. The molecule has 9 rings (SSSR count). The Morgan fingerprint density at radius 3 is 2.17 bits per heavy atom. The van der Waals surface area contributed by atoms with Gasteiger partial charge in [-0.15, -0.1) is 35.9 Å². The van der Waals surface area contributed by atoms with Crippen LogP contribution in [0.5, 0.6) is 0 Å². The summed E-state index contributed by atoms with van der Waals surface area (Å²) in [5, 5.41) is 3.84. The van der Waals surface area contributed by atoms with E-state index < -0.39 is 25.0 Å². The number of para-hydroxylation sites is 2. The molecule has 5 heteroatoms. The predicted molar refractivity (Wildman–Crippen MR) is 209 cm³/mol. The molecule has 0 amide bonds. The minimum absolute atomic E-state index is 0. The molecule has 4 nitrogen and oxygen atoms in total. The molecule has 1 radical (unpaired) electrons. The molecule has 259 valence electrons. The van der Waals surface area contributed by atoms with E-state index in [4.69, 9.17) is 15.7 Å². The fourth-order valence-electron chi connectivity index (χ4n) is 6.51.